The van der Waals surface area contributed by atoms with Gasteiger partial charge in [0.1, 0.15) is 17.2 Å². The molecule has 5 heterocycles. The van der Waals surface area contributed by atoms with E-state index in [2.05, 4.69) is 14.9 Å². The molecule has 0 N–H and O–H groups in total. The summed E-state index contributed by atoms with van der Waals surface area (Å²) in [5, 5.41) is 5.13. The molecule has 7 nitrogen and oxygen atoms in total. The van der Waals surface area contributed by atoms with Gasteiger partial charge in [-0.15, -0.1) is 22.7 Å². The molecule has 10 heteroatoms. The maximum atomic E-state index is 13.1. The van der Waals surface area contributed by atoms with Crippen molar-refractivity contribution in [1.82, 2.24) is 19.4 Å². The zero-order chi connectivity index (χ0) is 21.4. The SMILES string of the molecule is O=C(Cn1cnc2scc(-c3cccs3)c2c1=O)N1CCN(c2ccc(Cl)cn2)CC1. The van der Waals surface area contributed by atoms with Gasteiger partial charge < -0.3 is 9.80 Å². The molecule has 0 aliphatic carbocycles. The van der Waals surface area contributed by atoms with Crippen molar-refractivity contribution in [1.29, 1.82) is 0 Å². The summed E-state index contributed by atoms with van der Waals surface area (Å²) >= 11 is 8.94. The standard InChI is InChI=1S/C21H18ClN5O2S2/c22-14-3-4-17(23-10-14)25-5-7-26(8-6-25)18(28)11-27-13-24-20-19(21(27)29)15(12-31-20)16-2-1-9-30-16/h1-4,9-10,12-13H,5-8,11H2. The lowest BCUT2D eigenvalue weighted by Gasteiger charge is -2.35. The van der Waals surface area contributed by atoms with E-state index < -0.39 is 0 Å². The number of hydrogen-bond donors (Lipinski definition) is 0. The van der Waals surface area contributed by atoms with Crippen LogP contribution >= 0.6 is 34.3 Å². The highest BCUT2D eigenvalue weighted by atomic mass is 35.5. The van der Waals surface area contributed by atoms with Crippen molar-refractivity contribution in [3.8, 4) is 10.4 Å². The van der Waals surface area contributed by atoms with Crippen molar-refractivity contribution in [3.05, 3.63) is 62.9 Å². The van der Waals surface area contributed by atoms with E-state index in [0.29, 0.717) is 41.4 Å². The van der Waals surface area contributed by atoms with E-state index in [1.165, 1.54) is 22.2 Å². The number of amides is 1. The highest BCUT2D eigenvalue weighted by Gasteiger charge is 2.23. The zero-order valence-corrected chi connectivity index (χ0v) is 18.8. The van der Waals surface area contributed by atoms with Crippen LogP contribution in [-0.2, 0) is 11.3 Å². The summed E-state index contributed by atoms with van der Waals surface area (Å²) in [5.41, 5.74) is 0.713. The van der Waals surface area contributed by atoms with E-state index in [-0.39, 0.29) is 18.0 Å². The molecule has 1 aliphatic rings. The molecule has 0 saturated carbocycles. The van der Waals surface area contributed by atoms with Gasteiger partial charge in [0, 0.05) is 48.2 Å². The molecule has 0 aromatic carbocycles. The molecule has 1 saturated heterocycles. The lowest BCUT2D eigenvalue weighted by atomic mass is 10.2. The van der Waals surface area contributed by atoms with Crippen LogP contribution in [0.4, 0.5) is 5.82 Å². The maximum absolute atomic E-state index is 13.1. The second-order valence-corrected chi connectivity index (χ2v) is 9.43. The van der Waals surface area contributed by atoms with Crippen LogP contribution in [0.15, 0.2) is 52.3 Å². The van der Waals surface area contributed by atoms with Crippen molar-refractivity contribution >= 4 is 56.2 Å². The van der Waals surface area contributed by atoms with Crippen LogP contribution in [0.25, 0.3) is 20.7 Å². The first-order valence-corrected chi connectivity index (χ1v) is 11.9. The molecule has 0 radical (unpaired) electrons. The Labute approximate surface area is 191 Å². The summed E-state index contributed by atoms with van der Waals surface area (Å²) in [5.74, 6) is 0.765. The molecule has 158 valence electrons. The Morgan fingerprint density at radius 3 is 2.65 bits per heavy atom. The summed E-state index contributed by atoms with van der Waals surface area (Å²) in [7, 11) is 0. The topological polar surface area (TPSA) is 71.3 Å². The lowest BCUT2D eigenvalue weighted by Crippen LogP contribution is -2.50. The van der Waals surface area contributed by atoms with Gasteiger partial charge in [-0.3, -0.25) is 14.2 Å². The third-order valence-corrected chi connectivity index (χ3v) is 7.33. The number of halogens is 1. The molecule has 1 fully saturated rings. The van der Waals surface area contributed by atoms with Gasteiger partial charge in [-0.1, -0.05) is 17.7 Å². The number of piperazine rings is 1. The van der Waals surface area contributed by atoms with E-state index in [4.69, 9.17) is 11.6 Å². The van der Waals surface area contributed by atoms with Gasteiger partial charge in [0.25, 0.3) is 5.56 Å². The average molecular weight is 472 g/mol. The zero-order valence-electron chi connectivity index (χ0n) is 16.4. The molecule has 5 rings (SSSR count). The third-order valence-electron chi connectivity index (χ3n) is 5.32. The van der Waals surface area contributed by atoms with Gasteiger partial charge in [0.15, 0.2) is 0 Å². The number of hydrogen-bond acceptors (Lipinski definition) is 7. The predicted molar refractivity (Wildman–Crippen MR) is 125 cm³/mol. The minimum atomic E-state index is -0.174. The molecular formula is C21H18ClN5O2S2. The number of carbonyl (C=O) groups is 1. The number of nitrogens with zero attached hydrogens (tertiary/aromatic N) is 5. The fraction of sp³-hybridized carbons (Fsp3) is 0.238. The highest BCUT2D eigenvalue weighted by molar-refractivity contribution is 7.18. The summed E-state index contributed by atoms with van der Waals surface area (Å²) in [6.45, 7) is 2.50. The minimum Gasteiger partial charge on any atom is -0.353 e. The van der Waals surface area contributed by atoms with E-state index >= 15 is 0 Å². The highest BCUT2D eigenvalue weighted by Crippen LogP contribution is 2.33. The smallest absolute Gasteiger partial charge is 0.263 e. The monoisotopic (exact) mass is 471 g/mol. The molecule has 0 atom stereocenters. The maximum Gasteiger partial charge on any atom is 0.263 e. The Morgan fingerprint density at radius 2 is 1.94 bits per heavy atom. The molecule has 4 aromatic rings. The molecule has 4 aromatic heterocycles. The van der Waals surface area contributed by atoms with Gasteiger partial charge in [-0.05, 0) is 23.6 Å². The number of thiophene rings is 2. The minimum absolute atomic E-state index is 0.0132. The first kappa shape index (κ1) is 20.2. The van der Waals surface area contributed by atoms with Crippen LogP contribution in [0.2, 0.25) is 5.02 Å². The molecule has 1 amide bonds. The number of aromatic nitrogens is 3. The second-order valence-electron chi connectivity index (χ2n) is 7.19. The van der Waals surface area contributed by atoms with Crippen molar-refractivity contribution in [3.63, 3.8) is 0 Å². The fourth-order valence-electron chi connectivity index (χ4n) is 3.68. The molecule has 31 heavy (non-hydrogen) atoms. The van der Waals surface area contributed by atoms with Crippen LogP contribution in [0.5, 0.6) is 0 Å². The number of anilines is 1. The second kappa shape index (κ2) is 8.41. The van der Waals surface area contributed by atoms with Gasteiger partial charge in [-0.2, -0.15) is 0 Å². The Morgan fingerprint density at radius 1 is 1.10 bits per heavy atom. The van der Waals surface area contributed by atoms with Crippen molar-refractivity contribution in [2.45, 2.75) is 6.54 Å². The normalized spacial score (nSPS) is 14.4. The third kappa shape index (κ3) is 3.96. The van der Waals surface area contributed by atoms with Gasteiger partial charge in [0.2, 0.25) is 5.91 Å². The predicted octanol–water partition coefficient (Wildman–Crippen LogP) is 3.58. The van der Waals surface area contributed by atoms with Crippen molar-refractivity contribution < 1.29 is 4.79 Å². The Bertz CT molecular complexity index is 1280. The van der Waals surface area contributed by atoms with Gasteiger partial charge in [-0.25, -0.2) is 9.97 Å². The summed E-state index contributed by atoms with van der Waals surface area (Å²) in [6.07, 6.45) is 3.10. The van der Waals surface area contributed by atoms with Crippen LogP contribution < -0.4 is 10.5 Å². The number of carbonyl (C=O) groups excluding carboxylic acids is 1. The average Bonchev–Trinajstić information content (AvgIpc) is 3.46. The lowest BCUT2D eigenvalue weighted by molar-refractivity contribution is -0.132. The Hall–Kier alpha value is -2.75. The van der Waals surface area contributed by atoms with Crippen molar-refractivity contribution in [2.24, 2.45) is 0 Å². The Kier molecular flexibility index (Phi) is 5.47. The quantitative estimate of drug-likeness (QED) is 0.455. The van der Waals surface area contributed by atoms with Crippen LogP contribution in [0.3, 0.4) is 0 Å². The summed E-state index contributed by atoms with van der Waals surface area (Å²) in [6, 6.07) is 7.64. The van der Waals surface area contributed by atoms with E-state index in [1.54, 1.807) is 22.4 Å². The first-order chi connectivity index (χ1) is 15.1. The van der Waals surface area contributed by atoms with Crippen LogP contribution in [0.1, 0.15) is 0 Å². The van der Waals surface area contributed by atoms with Crippen LogP contribution in [-0.4, -0.2) is 51.5 Å². The molecule has 0 bridgehead atoms. The summed E-state index contributed by atoms with van der Waals surface area (Å²) < 4.78 is 1.42. The molecule has 0 spiro atoms. The fourth-order valence-corrected chi connectivity index (χ4v) is 5.51. The number of pyridine rings is 1. The van der Waals surface area contributed by atoms with E-state index in [9.17, 15) is 9.59 Å². The van der Waals surface area contributed by atoms with Gasteiger partial charge in [0.05, 0.1) is 16.7 Å². The number of rotatable bonds is 4. The molecule has 0 unspecified atom stereocenters. The van der Waals surface area contributed by atoms with E-state index in [1.807, 2.05) is 35.0 Å². The first-order valence-electron chi connectivity index (χ1n) is 9.75. The van der Waals surface area contributed by atoms with Crippen LogP contribution in [0, 0.1) is 0 Å². The largest absolute Gasteiger partial charge is 0.353 e. The number of fused-ring (bicyclic) bond motifs is 1. The van der Waals surface area contributed by atoms with Crippen molar-refractivity contribution in [2.75, 3.05) is 31.1 Å². The summed E-state index contributed by atoms with van der Waals surface area (Å²) in [4.78, 5) is 40.4. The Balaban J connectivity index is 1.31. The van der Waals surface area contributed by atoms with Gasteiger partial charge >= 0.3 is 0 Å². The van der Waals surface area contributed by atoms with E-state index in [0.717, 1.165) is 16.3 Å². The molecule has 1 aliphatic heterocycles. The molecular weight excluding hydrogens is 454 g/mol.